The van der Waals surface area contributed by atoms with Gasteiger partial charge >= 0.3 is 6.18 Å². The van der Waals surface area contributed by atoms with Crippen molar-refractivity contribution in [3.63, 3.8) is 0 Å². The topological polar surface area (TPSA) is 3.24 Å². The van der Waals surface area contributed by atoms with Gasteiger partial charge in [0.25, 0.3) is 0 Å². The first kappa shape index (κ1) is 10.3. The molecule has 0 heterocycles. The summed E-state index contributed by atoms with van der Waals surface area (Å²) in [6, 6.07) is -0.475. The van der Waals surface area contributed by atoms with Crippen molar-refractivity contribution in [2.75, 3.05) is 13.6 Å². The molecule has 0 aromatic heterocycles. The molecule has 0 aromatic carbocycles. The largest absolute Gasteiger partial charge is 0.401 e. The van der Waals surface area contributed by atoms with Crippen molar-refractivity contribution in [2.45, 2.75) is 19.1 Å². The maximum Gasteiger partial charge on any atom is 0.401 e. The number of nitrogens with zero attached hydrogens (tertiary/aromatic N) is 1. The SMILES string of the molecule is C#CC(C)N(C)CC(F)(F)F. The number of hydrogen-bond acceptors (Lipinski definition) is 1. The molecule has 0 bridgehead atoms. The van der Waals surface area contributed by atoms with Gasteiger partial charge < -0.3 is 0 Å². The van der Waals surface area contributed by atoms with E-state index in [1.54, 1.807) is 6.92 Å². The molecule has 0 N–H and O–H groups in total. The van der Waals surface area contributed by atoms with Crippen LogP contribution in [0.1, 0.15) is 6.92 Å². The molecule has 1 nitrogen and oxygen atoms in total. The molecule has 11 heavy (non-hydrogen) atoms. The third-order valence-corrected chi connectivity index (χ3v) is 1.33. The summed E-state index contributed by atoms with van der Waals surface area (Å²) in [6.45, 7) is 0.587. The first-order chi connectivity index (χ1) is 4.87. The normalized spacial score (nSPS) is 14.6. The second-order valence-electron chi connectivity index (χ2n) is 2.37. The average Bonchev–Trinajstić information content (AvgIpc) is 1.82. The van der Waals surface area contributed by atoms with Crippen LogP contribution in [0.25, 0.3) is 0 Å². The molecule has 4 heteroatoms. The molecule has 1 atom stereocenters. The highest BCUT2D eigenvalue weighted by atomic mass is 19.4. The van der Waals surface area contributed by atoms with Crippen LogP contribution in [0.4, 0.5) is 13.2 Å². The number of terminal acetylenes is 1. The van der Waals surface area contributed by atoms with E-state index in [0.717, 1.165) is 4.90 Å². The van der Waals surface area contributed by atoms with Crippen LogP contribution >= 0.6 is 0 Å². The first-order valence-corrected chi connectivity index (χ1v) is 3.10. The van der Waals surface area contributed by atoms with Gasteiger partial charge in [0.05, 0.1) is 12.6 Å². The number of hydrogen-bond donors (Lipinski definition) is 0. The third-order valence-electron chi connectivity index (χ3n) is 1.33. The zero-order valence-electron chi connectivity index (χ0n) is 6.44. The highest BCUT2D eigenvalue weighted by Gasteiger charge is 2.30. The summed E-state index contributed by atoms with van der Waals surface area (Å²) < 4.78 is 35.1. The van der Waals surface area contributed by atoms with Crippen molar-refractivity contribution in [2.24, 2.45) is 0 Å². The fourth-order valence-corrected chi connectivity index (χ4v) is 0.547. The van der Waals surface area contributed by atoms with Crippen LogP contribution in [0.3, 0.4) is 0 Å². The molecule has 0 aromatic rings. The van der Waals surface area contributed by atoms with Gasteiger partial charge in [-0.2, -0.15) is 13.2 Å². The van der Waals surface area contributed by atoms with Gasteiger partial charge in [0, 0.05) is 0 Å². The second-order valence-corrected chi connectivity index (χ2v) is 2.37. The Kier molecular flexibility index (Phi) is 3.40. The Morgan fingerprint density at radius 2 is 2.00 bits per heavy atom. The molecule has 0 rings (SSSR count). The Hall–Kier alpha value is -0.690. The smallest absolute Gasteiger partial charge is 0.285 e. The van der Waals surface area contributed by atoms with E-state index < -0.39 is 18.8 Å². The molecule has 0 aliphatic rings. The van der Waals surface area contributed by atoms with Gasteiger partial charge in [-0.3, -0.25) is 4.90 Å². The summed E-state index contributed by atoms with van der Waals surface area (Å²) in [4.78, 5) is 1.07. The summed E-state index contributed by atoms with van der Waals surface area (Å²) in [5.74, 6) is 2.21. The van der Waals surface area contributed by atoms with Crippen LogP contribution in [0.15, 0.2) is 0 Å². The lowest BCUT2D eigenvalue weighted by Gasteiger charge is -2.21. The quantitative estimate of drug-likeness (QED) is 0.560. The lowest BCUT2D eigenvalue weighted by atomic mass is 10.3. The lowest BCUT2D eigenvalue weighted by molar-refractivity contribution is -0.144. The Balaban J connectivity index is 3.90. The van der Waals surface area contributed by atoms with Crippen molar-refractivity contribution >= 4 is 0 Å². The molecule has 0 aliphatic carbocycles. The fraction of sp³-hybridized carbons (Fsp3) is 0.714. The van der Waals surface area contributed by atoms with Crippen molar-refractivity contribution in [3.8, 4) is 12.3 Å². The minimum atomic E-state index is -4.17. The monoisotopic (exact) mass is 165 g/mol. The summed E-state index contributed by atoms with van der Waals surface area (Å²) in [5, 5.41) is 0. The summed E-state index contributed by atoms with van der Waals surface area (Å²) >= 11 is 0. The Morgan fingerprint density at radius 3 is 2.27 bits per heavy atom. The Bertz CT molecular complexity index is 156. The van der Waals surface area contributed by atoms with Crippen molar-refractivity contribution < 1.29 is 13.2 Å². The number of rotatable bonds is 2. The van der Waals surface area contributed by atoms with E-state index in [9.17, 15) is 13.2 Å². The number of alkyl halides is 3. The summed E-state index contributed by atoms with van der Waals surface area (Å²) in [6.07, 6.45) is 0.766. The van der Waals surface area contributed by atoms with Crippen LogP contribution in [0, 0.1) is 12.3 Å². The minimum Gasteiger partial charge on any atom is -0.285 e. The highest BCUT2D eigenvalue weighted by Crippen LogP contribution is 2.16. The van der Waals surface area contributed by atoms with E-state index in [1.807, 2.05) is 0 Å². The third kappa shape index (κ3) is 4.68. The standard InChI is InChI=1S/C7H10F3N/c1-4-6(2)11(3)5-7(8,9)10/h1,6H,5H2,2-3H3. The summed E-state index contributed by atoms with van der Waals surface area (Å²) in [7, 11) is 1.35. The van der Waals surface area contributed by atoms with Gasteiger partial charge in [-0.1, -0.05) is 5.92 Å². The molecular weight excluding hydrogens is 155 g/mol. The maximum absolute atomic E-state index is 11.7. The second kappa shape index (κ2) is 3.63. The van der Waals surface area contributed by atoms with Crippen LogP contribution in [-0.4, -0.2) is 30.7 Å². The average molecular weight is 165 g/mol. The zero-order chi connectivity index (χ0) is 9.07. The molecule has 0 spiro atoms. The van der Waals surface area contributed by atoms with E-state index >= 15 is 0 Å². The van der Waals surface area contributed by atoms with Gasteiger partial charge in [-0.05, 0) is 14.0 Å². The zero-order valence-corrected chi connectivity index (χ0v) is 6.44. The fourth-order valence-electron chi connectivity index (χ4n) is 0.547. The summed E-state index contributed by atoms with van der Waals surface area (Å²) in [5.41, 5.74) is 0. The molecule has 0 saturated carbocycles. The first-order valence-electron chi connectivity index (χ1n) is 3.10. The molecule has 64 valence electrons. The highest BCUT2D eigenvalue weighted by molar-refractivity contribution is 4.96. The Morgan fingerprint density at radius 1 is 1.55 bits per heavy atom. The Labute approximate surface area is 64.2 Å². The predicted molar refractivity (Wildman–Crippen MR) is 37.0 cm³/mol. The minimum absolute atomic E-state index is 0.475. The molecule has 1 unspecified atom stereocenters. The van der Waals surface area contributed by atoms with Crippen LogP contribution in [0.2, 0.25) is 0 Å². The van der Waals surface area contributed by atoms with Gasteiger partial charge in [0.1, 0.15) is 0 Å². The van der Waals surface area contributed by atoms with Crippen molar-refractivity contribution in [3.05, 3.63) is 0 Å². The van der Waals surface area contributed by atoms with Crippen molar-refractivity contribution in [1.29, 1.82) is 0 Å². The molecule has 0 saturated heterocycles. The molecule has 0 fully saturated rings. The lowest BCUT2D eigenvalue weighted by Crippen LogP contribution is -2.36. The van der Waals surface area contributed by atoms with Crippen molar-refractivity contribution in [1.82, 2.24) is 4.90 Å². The van der Waals surface area contributed by atoms with E-state index in [4.69, 9.17) is 6.42 Å². The van der Waals surface area contributed by atoms with E-state index in [-0.39, 0.29) is 0 Å². The van der Waals surface area contributed by atoms with Crippen LogP contribution < -0.4 is 0 Å². The van der Waals surface area contributed by atoms with E-state index in [1.165, 1.54) is 7.05 Å². The van der Waals surface area contributed by atoms with Crippen LogP contribution in [-0.2, 0) is 0 Å². The van der Waals surface area contributed by atoms with E-state index in [0.29, 0.717) is 0 Å². The maximum atomic E-state index is 11.7. The van der Waals surface area contributed by atoms with Gasteiger partial charge in [0.15, 0.2) is 0 Å². The van der Waals surface area contributed by atoms with Crippen LogP contribution in [0.5, 0.6) is 0 Å². The molecule has 0 aliphatic heterocycles. The molecule has 0 amide bonds. The van der Waals surface area contributed by atoms with E-state index in [2.05, 4.69) is 5.92 Å². The molecular formula is C7H10F3N. The predicted octanol–water partition coefficient (Wildman–Crippen LogP) is 1.50. The van der Waals surface area contributed by atoms with Gasteiger partial charge in [-0.15, -0.1) is 6.42 Å². The van der Waals surface area contributed by atoms with Gasteiger partial charge in [-0.25, -0.2) is 0 Å². The van der Waals surface area contributed by atoms with Gasteiger partial charge in [0.2, 0.25) is 0 Å². The molecule has 0 radical (unpaired) electrons. The number of halogens is 3.